The zero-order chi connectivity index (χ0) is 9.68. The van der Waals surface area contributed by atoms with E-state index in [2.05, 4.69) is 13.5 Å². The minimum Gasteiger partial charge on any atom is -0.462 e. The van der Waals surface area contributed by atoms with Crippen molar-refractivity contribution in [3.8, 4) is 0 Å². The van der Waals surface area contributed by atoms with Gasteiger partial charge in [0.15, 0.2) is 0 Å². The van der Waals surface area contributed by atoms with Crippen LogP contribution in [0.3, 0.4) is 0 Å². The molecular weight excluding hydrogens is 164 g/mol. The van der Waals surface area contributed by atoms with E-state index < -0.39 is 0 Å². The average molecular weight is 178 g/mol. The highest BCUT2D eigenvalue weighted by Crippen LogP contribution is 2.18. The Morgan fingerprint density at radius 2 is 2.38 bits per heavy atom. The van der Waals surface area contributed by atoms with E-state index in [0.717, 1.165) is 18.4 Å². The first kappa shape index (κ1) is 9.78. The lowest BCUT2D eigenvalue weighted by Crippen LogP contribution is -2.15. The second-order valence-corrected chi connectivity index (χ2v) is 2.84. The normalized spacial score (nSPS) is 17.8. The molecule has 0 radical (unpaired) electrons. The molecule has 0 saturated heterocycles. The van der Waals surface area contributed by atoms with Crippen LogP contribution in [0.4, 0.5) is 0 Å². The van der Waals surface area contributed by atoms with Gasteiger partial charge in [-0.2, -0.15) is 0 Å². The molecule has 1 rings (SSSR count). The van der Waals surface area contributed by atoms with Gasteiger partial charge in [0, 0.05) is 6.42 Å². The number of rotatable bonds is 3. The molecule has 0 aliphatic carbocycles. The molecule has 2 nitrogen and oxygen atoms in total. The van der Waals surface area contributed by atoms with Crippen LogP contribution in [0.1, 0.15) is 19.8 Å². The van der Waals surface area contributed by atoms with Crippen LogP contribution in [0.15, 0.2) is 36.0 Å². The Labute approximate surface area is 78.6 Å². The summed E-state index contributed by atoms with van der Waals surface area (Å²) in [4.78, 5) is 11.2. The van der Waals surface area contributed by atoms with Crippen LogP contribution in [0.25, 0.3) is 0 Å². The minimum atomic E-state index is -0.253. The first-order chi connectivity index (χ1) is 6.29. The van der Waals surface area contributed by atoms with Gasteiger partial charge in [-0.15, -0.1) is 0 Å². The highest BCUT2D eigenvalue weighted by atomic mass is 16.5. The van der Waals surface area contributed by atoms with Crippen molar-refractivity contribution in [1.82, 2.24) is 0 Å². The van der Waals surface area contributed by atoms with Crippen molar-refractivity contribution in [1.29, 1.82) is 0 Å². The lowest BCUT2D eigenvalue weighted by molar-refractivity contribution is -0.139. The molecule has 0 aromatic rings. The number of cyclic esters (lactones) is 1. The largest absolute Gasteiger partial charge is 0.462 e. The first-order valence-corrected chi connectivity index (χ1v) is 4.48. The molecule has 0 N–H and O–H groups in total. The van der Waals surface area contributed by atoms with Gasteiger partial charge in [-0.1, -0.05) is 31.7 Å². The van der Waals surface area contributed by atoms with Crippen LogP contribution < -0.4 is 0 Å². The standard InChI is InChI=1S/C11H14O2/c1-3-5-6-9-7-8-13-11(12)10(9)4-2/h4-6H,2-3,7-8H2,1H3/b6-5-. The number of carbonyl (C=O) groups is 1. The Bertz CT molecular complexity index is 272. The molecular formula is C11H14O2. The van der Waals surface area contributed by atoms with E-state index in [9.17, 15) is 4.79 Å². The zero-order valence-corrected chi connectivity index (χ0v) is 7.88. The summed E-state index contributed by atoms with van der Waals surface area (Å²) in [5, 5.41) is 0. The molecule has 0 bridgehead atoms. The van der Waals surface area contributed by atoms with Crippen molar-refractivity contribution in [3.05, 3.63) is 36.0 Å². The van der Waals surface area contributed by atoms with Crippen LogP contribution in [0, 0.1) is 0 Å². The highest BCUT2D eigenvalue weighted by molar-refractivity contribution is 5.93. The van der Waals surface area contributed by atoms with Gasteiger partial charge in [-0.3, -0.25) is 0 Å². The lowest BCUT2D eigenvalue weighted by atomic mass is 10.0. The Morgan fingerprint density at radius 1 is 1.62 bits per heavy atom. The number of hydrogen-bond donors (Lipinski definition) is 0. The van der Waals surface area contributed by atoms with Crippen LogP contribution in [0.5, 0.6) is 0 Å². The van der Waals surface area contributed by atoms with E-state index in [-0.39, 0.29) is 5.97 Å². The third-order valence-electron chi connectivity index (χ3n) is 1.93. The fraction of sp³-hybridized carbons (Fsp3) is 0.364. The Balaban J connectivity index is 2.92. The maximum atomic E-state index is 11.2. The predicted octanol–water partition coefficient (Wildman–Crippen LogP) is 2.38. The third-order valence-corrected chi connectivity index (χ3v) is 1.93. The Morgan fingerprint density at radius 3 is 3.00 bits per heavy atom. The fourth-order valence-electron chi connectivity index (χ4n) is 1.24. The molecule has 0 fully saturated rings. The summed E-state index contributed by atoms with van der Waals surface area (Å²) in [6.07, 6.45) is 7.36. The molecule has 0 amide bonds. The number of esters is 1. The van der Waals surface area contributed by atoms with E-state index in [1.807, 2.05) is 12.2 Å². The highest BCUT2D eigenvalue weighted by Gasteiger charge is 2.17. The second kappa shape index (κ2) is 4.65. The summed E-state index contributed by atoms with van der Waals surface area (Å²) in [7, 11) is 0. The van der Waals surface area contributed by atoms with Crippen LogP contribution >= 0.6 is 0 Å². The number of hydrogen-bond acceptors (Lipinski definition) is 2. The van der Waals surface area contributed by atoms with Gasteiger partial charge in [0.2, 0.25) is 0 Å². The molecule has 0 spiro atoms. The molecule has 0 atom stereocenters. The van der Waals surface area contributed by atoms with Crippen LogP contribution in [-0.4, -0.2) is 12.6 Å². The van der Waals surface area contributed by atoms with E-state index >= 15 is 0 Å². The molecule has 0 aromatic carbocycles. The van der Waals surface area contributed by atoms with Gasteiger partial charge in [0.25, 0.3) is 0 Å². The first-order valence-electron chi connectivity index (χ1n) is 4.48. The van der Waals surface area contributed by atoms with Crippen molar-refractivity contribution < 1.29 is 9.53 Å². The smallest absolute Gasteiger partial charge is 0.338 e. The molecule has 1 aliphatic rings. The molecule has 1 heterocycles. The van der Waals surface area contributed by atoms with Gasteiger partial charge in [0.05, 0.1) is 12.2 Å². The molecule has 0 aromatic heterocycles. The Hall–Kier alpha value is -1.31. The summed E-state index contributed by atoms with van der Waals surface area (Å²) in [6, 6.07) is 0. The number of ether oxygens (including phenoxy) is 1. The zero-order valence-electron chi connectivity index (χ0n) is 7.88. The maximum Gasteiger partial charge on any atom is 0.338 e. The van der Waals surface area contributed by atoms with Crippen molar-refractivity contribution in [2.24, 2.45) is 0 Å². The van der Waals surface area contributed by atoms with Crippen molar-refractivity contribution >= 4 is 5.97 Å². The van der Waals surface area contributed by atoms with Crippen LogP contribution in [0.2, 0.25) is 0 Å². The van der Waals surface area contributed by atoms with Crippen LogP contribution in [-0.2, 0) is 9.53 Å². The molecule has 2 heteroatoms. The Kier molecular flexibility index (Phi) is 3.50. The van der Waals surface area contributed by atoms with E-state index in [0.29, 0.717) is 12.2 Å². The van der Waals surface area contributed by atoms with E-state index in [4.69, 9.17) is 4.74 Å². The summed E-state index contributed by atoms with van der Waals surface area (Å²) < 4.78 is 4.89. The predicted molar refractivity (Wildman–Crippen MR) is 52.2 cm³/mol. The van der Waals surface area contributed by atoms with Gasteiger partial charge in [-0.05, 0) is 12.0 Å². The summed E-state index contributed by atoms with van der Waals surface area (Å²) in [6.45, 7) is 6.15. The van der Waals surface area contributed by atoms with Gasteiger partial charge < -0.3 is 4.74 Å². The van der Waals surface area contributed by atoms with Gasteiger partial charge in [-0.25, -0.2) is 4.79 Å². The third kappa shape index (κ3) is 2.31. The molecule has 0 saturated carbocycles. The van der Waals surface area contributed by atoms with Crippen molar-refractivity contribution in [2.45, 2.75) is 19.8 Å². The monoisotopic (exact) mass is 178 g/mol. The molecule has 70 valence electrons. The van der Waals surface area contributed by atoms with E-state index in [1.54, 1.807) is 6.08 Å². The molecule has 1 aliphatic heterocycles. The van der Waals surface area contributed by atoms with Gasteiger partial charge in [0.1, 0.15) is 0 Å². The maximum absolute atomic E-state index is 11.2. The number of carbonyl (C=O) groups excluding carboxylic acids is 1. The van der Waals surface area contributed by atoms with Gasteiger partial charge >= 0.3 is 5.97 Å². The quantitative estimate of drug-likeness (QED) is 0.620. The number of allylic oxidation sites excluding steroid dienone is 2. The topological polar surface area (TPSA) is 26.3 Å². The fourth-order valence-corrected chi connectivity index (χ4v) is 1.24. The molecule has 0 unspecified atom stereocenters. The summed E-state index contributed by atoms with van der Waals surface area (Å²) in [5.41, 5.74) is 1.64. The summed E-state index contributed by atoms with van der Waals surface area (Å²) in [5.74, 6) is -0.253. The average Bonchev–Trinajstić information content (AvgIpc) is 2.15. The van der Waals surface area contributed by atoms with Crippen molar-refractivity contribution in [3.63, 3.8) is 0 Å². The SMILES string of the molecule is C=CC1=C(/C=C\CC)CCOC1=O. The van der Waals surface area contributed by atoms with Crippen molar-refractivity contribution in [2.75, 3.05) is 6.61 Å². The second-order valence-electron chi connectivity index (χ2n) is 2.84. The van der Waals surface area contributed by atoms with E-state index in [1.165, 1.54) is 0 Å². The molecule has 13 heavy (non-hydrogen) atoms. The summed E-state index contributed by atoms with van der Waals surface area (Å²) >= 11 is 0. The lowest BCUT2D eigenvalue weighted by Gasteiger charge is -2.14. The minimum absolute atomic E-state index is 0.253.